The molecule has 4 nitrogen and oxygen atoms in total. The maximum atomic E-state index is 13.3. The van der Waals surface area contributed by atoms with Crippen molar-refractivity contribution >= 4 is 15.9 Å². The number of fused-ring (bicyclic) bond motifs is 3. The van der Waals surface area contributed by atoms with Gasteiger partial charge in [0.25, 0.3) is 5.92 Å². The Morgan fingerprint density at radius 1 is 1.21 bits per heavy atom. The lowest BCUT2D eigenvalue weighted by atomic mass is 9.85. The van der Waals surface area contributed by atoms with Gasteiger partial charge in [-0.25, -0.2) is 8.78 Å². The van der Waals surface area contributed by atoms with Gasteiger partial charge in [-0.1, -0.05) is 0 Å². The van der Waals surface area contributed by atoms with E-state index < -0.39 is 12.5 Å². The zero-order chi connectivity index (χ0) is 20.7. The fourth-order valence-corrected chi connectivity index (χ4v) is 4.90. The quantitative estimate of drug-likeness (QED) is 0.589. The van der Waals surface area contributed by atoms with Crippen LogP contribution >= 0.6 is 15.9 Å². The Bertz CT molecular complexity index is 715. The van der Waals surface area contributed by atoms with E-state index >= 15 is 0 Å². The predicted molar refractivity (Wildman–Crippen MR) is 109 cm³/mol. The Morgan fingerprint density at radius 2 is 1.93 bits per heavy atom. The second-order valence-electron chi connectivity index (χ2n) is 8.84. The first-order valence-corrected chi connectivity index (χ1v) is 10.6. The Kier molecular flexibility index (Phi) is 6.28. The SMILES string of the molecule is COc1cc2c(c(Br)c1OCC(C)(F)F)CCN1CC(OC(C)(C)C)CCC21. The van der Waals surface area contributed by atoms with Crippen LogP contribution in [-0.4, -0.2) is 49.3 Å². The molecule has 7 heteroatoms. The molecule has 0 bridgehead atoms. The molecule has 0 aromatic heterocycles. The van der Waals surface area contributed by atoms with Crippen LogP contribution in [0.1, 0.15) is 57.7 Å². The average Bonchev–Trinajstić information content (AvgIpc) is 2.57. The van der Waals surface area contributed by atoms with E-state index in [1.807, 2.05) is 6.07 Å². The zero-order valence-electron chi connectivity index (χ0n) is 17.3. The molecule has 0 saturated carbocycles. The van der Waals surface area contributed by atoms with Crippen molar-refractivity contribution in [1.29, 1.82) is 0 Å². The maximum Gasteiger partial charge on any atom is 0.278 e. The molecule has 2 heterocycles. The Labute approximate surface area is 174 Å². The molecule has 1 fully saturated rings. The lowest BCUT2D eigenvalue weighted by Gasteiger charge is -2.45. The fourth-order valence-electron chi connectivity index (χ4n) is 4.16. The highest BCUT2D eigenvalue weighted by molar-refractivity contribution is 9.10. The van der Waals surface area contributed by atoms with Crippen LogP contribution in [0.25, 0.3) is 0 Å². The molecule has 2 unspecified atom stereocenters. The number of rotatable bonds is 5. The molecule has 2 atom stereocenters. The highest BCUT2D eigenvalue weighted by atomic mass is 79.9. The molecule has 3 rings (SSSR count). The molecule has 0 aliphatic carbocycles. The van der Waals surface area contributed by atoms with Crippen LogP contribution in [0.2, 0.25) is 0 Å². The van der Waals surface area contributed by atoms with Crippen LogP contribution in [0.5, 0.6) is 11.5 Å². The van der Waals surface area contributed by atoms with Crippen molar-refractivity contribution in [3.05, 3.63) is 21.7 Å². The molecule has 1 aromatic rings. The third-order valence-electron chi connectivity index (χ3n) is 5.18. The number of benzene rings is 1. The molecule has 28 heavy (non-hydrogen) atoms. The van der Waals surface area contributed by atoms with Crippen LogP contribution in [0, 0.1) is 0 Å². The van der Waals surface area contributed by atoms with Crippen molar-refractivity contribution in [2.24, 2.45) is 0 Å². The largest absolute Gasteiger partial charge is 0.493 e. The van der Waals surface area contributed by atoms with Gasteiger partial charge in [0, 0.05) is 26.1 Å². The first-order valence-electron chi connectivity index (χ1n) is 9.80. The van der Waals surface area contributed by atoms with Crippen LogP contribution in [0.4, 0.5) is 8.78 Å². The first kappa shape index (κ1) is 21.8. The molecule has 1 saturated heterocycles. The Morgan fingerprint density at radius 3 is 2.54 bits per heavy atom. The minimum Gasteiger partial charge on any atom is -0.493 e. The van der Waals surface area contributed by atoms with Crippen LogP contribution < -0.4 is 9.47 Å². The summed E-state index contributed by atoms with van der Waals surface area (Å²) in [4.78, 5) is 2.47. The number of piperidine rings is 1. The predicted octanol–water partition coefficient (Wildman–Crippen LogP) is 5.37. The minimum absolute atomic E-state index is 0.148. The summed E-state index contributed by atoms with van der Waals surface area (Å²) < 4.78 is 44.4. The topological polar surface area (TPSA) is 30.9 Å². The number of ether oxygens (including phenoxy) is 3. The van der Waals surface area contributed by atoms with E-state index in [-0.39, 0.29) is 17.7 Å². The lowest BCUT2D eigenvalue weighted by Crippen LogP contribution is -2.47. The van der Waals surface area contributed by atoms with Crippen LogP contribution in [-0.2, 0) is 11.2 Å². The van der Waals surface area contributed by atoms with E-state index in [1.54, 1.807) is 7.11 Å². The molecule has 0 spiro atoms. The molecule has 2 aliphatic heterocycles. The molecular formula is C21H30BrF2NO3. The summed E-state index contributed by atoms with van der Waals surface area (Å²) in [5.74, 6) is -2.05. The lowest BCUT2D eigenvalue weighted by molar-refractivity contribution is -0.0972. The summed E-state index contributed by atoms with van der Waals surface area (Å²) in [5, 5.41) is 0. The molecule has 0 amide bonds. The van der Waals surface area contributed by atoms with Crippen molar-refractivity contribution in [3.63, 3.8) is 0 Å². The molecule has 0 N–H and O–H groups in total. The molecular weight excluding hydrogens is 432 g/mol. The number of hydrogen-bond donors (Lipinski definition) is 0. The van der Waals surface area contributed by atoms with Crippen molar-refractivity contribution in [3.8, 4) is 11.5 Å². The standard InChI is InChI=1S/C21H30BrF2NO3/c1-20(2,3)28-13-6-7-16-15-10-17(26-5)19(27-12-21(4,23)24)18(22)14(15)8-9-25(16)11-13/h10,13,16H,6-9,11-12H2,1-5H3. The van der Waals surface area contributed by atoms with Crippen molar-refractivity contribution in [2.75, 3.05) is 26.8 Å². The second kappa shape index (κ2) is 8.07. The van der Waals surface area contributed by atoms with E-state index in [1.165, 1.54) is 5.56 Å². The van der Waals surface area contributed by atoms with Crippen LogP contribution in [0.15, 0.2) is 10.5 Å². The smallest absolute Gasteiger partial charge is 0.278 e. The van der Waals surface area contributed by atoms with E-state index in [9.17, 15) is 8.78 Å². The van der Waals surface area contributed by atoms with E-state index in [0.717, 1.165) is 49.3 Å². The summed E-state index contributed by atoms with van der Waals surface area (Å²) in [5.41, 5.74) is 2.18. The van der Waals surface area contributed by atoms with Gasteiger partial charge in [-0.2, -0.15) is 0 Å². The number of hydrogen-bond acceptors (Lipinski definition) is 4. The van der Waals surface area contributed by atoms with Crippen molar-refractivity contribution < 1.29 is 23.0 Å². The van der Waals surface area contributed by atoms with Gasteiger partial charge in [0.1, 0.15) is 0 Å². The minimum atomic E-state index is -2.90. The molecule has 158 valence electrons. The van der Waals surface area contributed by atoms with Crippen molar-refractivity contribution in [2.45, 2.75) is 70.6 Å². The van der Waals surface area contributed by atoms with Gasteiger partial charge >= 0.3 is 0 Å². The summed E-state index contributed by atoms with van der Waals surface area (Å²) in [7, 11) is 1.54. The normalized spacial score (nSPS) is 23.1. The molecule has 0 radical (unpaired) electrons. The molecule has 1 aromatic carbocycles. The zero-order valence-corrected chi connectivity index (χ0v) is 18.9. The number of methoxy groups -OCH3 is 1. The number of halogens is 3. The van der Waals surface area contributed by atoms with Gasteiger partial charge in [0.05, 0.1) is 23.3 Å². The van der Waals surface area contributed by atoms with Crippen molar-refractivity contribution in [1.82, 2.24) is 4.90 Å². The Balaban J connectivity index is 1.84. The van der Waals surface area contributed by atoms with E-state index in [2.05, 4.69) is 41.6 Å². The summed E-state index contributed by atoms with van der Waals surface area (Å²) in [6.45, 7) is 8.26. The van der Waals surface area contributed by atoms with Gasteiger partial charge < -0.3 is 14.2 Å². The summed E-state index contributed by atoms with van der Waals surface area (Å²) in [6.07, 6.45) is 3.06. The third-order valence-corrected chi connectivity index (χ3v) is 6.02. The highest BCUT2D eigenvalue weighted by Crippen LogP contribution is 2.47. The summed E-state index contributed by atoms with van der Waals surface area (Å²) >= 11 is 3.60. The maximum absolute atomic E-state index is 13.3. The van der Waals surface area contributed by atoms with Gasteiger partial charge in [0.2, 0.25) is 0 Å². The van der Waals surface area contributed by atoms with Gasteiger partial charge in [0.15, 0.2) is 18.1 Å². The van der Waals surface area contributed by atoms with Gasteiger partial charge in [-0.05, 0) is 73.2 Å². The van der Waals surface area contributed by atoms with Gasteiger partial charge in [-0.3, -0.25) is 4.90 Å². The Hall–Kier alpha value is -0.920. The second-order valence-corrected chi connectivity index (χ2v) is 9.63. The van der Waals surface area contributed by atoms with Crippen LogP contribution in [0.3, 0.4) is 0 Å². The first-order chi connectivity index (χ1) is 13.0. The molecule has 2 aliphatic rings. The summed E-state index contributed by atoms with van der Waals surface area (Å²) in [6, 6.07) is 2.25. The fraction of sp³-hybridized carbons (Fsp3) is 0.714. The van der Waals surface area contributed by atoms with E-state index in [0.29, 0.717) is 11.5 Å². The average molecular weight is 462 g/mol. The number of alkyl halides is 2. The van der Waals surface area contributed by atoms with Gasteiger partial charge in [-0.15, -0.1) is 0 Å². The third kappa shape index (κ3) is 4.97. The number of nitrogens with zero attached hydrogens (tertiary/aromatic N) is 1. The van der Waals surface area contributed by atoms with E-state index in [4.69, 9.17) is 14.2 Å². The monoisotopic (exact) mass is 461 g/mol. The highest BCUT2D eigenvalue weighted by Gasteiger charge is 2.37.